The fraction of sp³-hybridized carbons (Fsp3) is 1.00. The largest absolute Gasteiger partial charge is 0.162 e. The van der Waals surface area contributed by atoms with E-state index >= 15 is 0 Å². The van der Waals surface area contributed by atoms with Crippen LogP contribution in [0.15, 0.2) is 0 Å². The van der Waals surface area contributed by atoms with Gasteiger partial charge in [0.1, 0.15) is 0 Å². The second kappa shape index (κ2) is 3.82. The molecule has 1 heterocycles. The van der Waals surface area contributed by atoms with Crippen LogP contribution in [0.25, 0.3) is 0 Å². The standard InChI is InChI=1S/C4H8S.ClH/c1-2-4-5-3-1;/h1-4H2;1H. The van der Waals surface area contributed by atoms with E-state index in [1.807, 2.05) is 0 Å². The zero-order valence-corrected chi connectivity index (χ0v) is 5.28. The Morgan fingerprint density at radius 1 is 1.00 bits per heavy atom. The van der Waals surface area contributed by atoms with Gasteiger partial charge >= 0.3 is 0 Å². The number of thioether (sulfide) groups is 1. The van der Waals surface area contributed by atoms with Crippen LogP contribution in [0.4, 0.5) is 0 Å². The van der Waals surface area contributed by atoms with Crippen LogP contribution in [0.1, 0.15) is 12.8 Å². The van der Waals surface area contributed by atoms with E-state index in [4.69, 9.17) is 0 Å². The minimum absolute atomic E-state index is 0. The van der Waals surface area contributed by atoms with Crippen LogP contribution in [0.3, 0.4) is 0 Å². The van der Waals surface area contributed by atoms with Gasteiger partial charge in [0, 0.05) is 0 Å². The maximum absolute atomic E-state index is 2.07. The fourth-order valence-electron chi connectivity index (χ4n) is 0.510. The van der Waals surface area contributed by atoms with E-state index in [1.54, 1.807) is 0 Å². The molecule has 0 bridgehead atoms. The van der Waals surface area contributed by atoms with Gasteiger partial charge in [-0.3, -0.25) is 0 Å². The van der Waals surface area contributed by atoms with Crippen LogP contribution in [0, 0.1) is 0 Å². The van der Waals surface area contributed by atoms with Gasteiger partial charge in [0.15, 0.2) is 0 Å². The van der Waals surface area contributed by atoms with E-state index in [0.717, 1.165) is 0 Å². The Hall–Kier alpha value is 0.640. The highest BCUT2D eigenvalue weighted by Crippen LogP contribution is 2.14. The Balaban J connectivity index is 0.000000250. The topological polar surface area (TPSA) is 0 Å². The van der Waals surface area contributed by atoms with E-state index in [0.29, 0.717) is 0 Å². The van der Waals surface area contributed by atoms with Crippen molar-refractivity contribution in [2.75, 3.05) is 11.5 Å². The molecular formula is C4H9ClS. The Morgan fingerprint density at radius 2 is 1.50 bits per heavy atom. The molecule has 1 aliphatic rings. The predicted molar refractivity (Wildman–Crippen MR) is 33.8 cm³/mol. The monoisotopic (exact) mass is 124 g/mol. The van der Waals surface area contributed by atoms with Crippen LogP contribution in [-0.4, -0.2) is 11.5 Å². The zero-order chi connectivity index (χ0) is 3.54. The Bertz CT molecular complexity index is 19.1. The van der Waals surface area contributed by atoms with Crippen LogP contribution in [0.5, 0.6) is 0 Å². The van der Waals surface area contributed by atoms with Crippen LogP contribution in [-0.2, 0) is 0 Å². The first-order valence-corrected chi connectivity index (χ1v) is 3.23. The number of halogens is 1. The van der Waals surface area contributed by atoms with Crippen molar-refractivity contribution < 1.29 is 0 Å². The van der Waals surface area contributed by atoms with Crippen molar-refractivity contribution in [3.8, 4) is 0 Å². The summed E-state index contributed by atoms with van der Waals surface area (Å²) in [7, 11) is 0. The maximum Gasteiger partial charge on any atom is -0.00672 e. The third-order valence-electron chi connectivity index (χ3n) is 0.827. The number of hydrogen-bond acceptors (Lipinski definition) is 1. The number of hydrogen-bond donors (Lipinski definition) is 0. The minimum Gasteiger partial charge on any atom is -0.162 e. The molecule has 0 N–H and O–H groups in total. The van der Waals surface area contributed by atoms with Crippen molar-refractivity contribution in [3.05, 3.63) is 0 Å². The normalized spacial score (nSPS) is 20.0. The smallest absolute Gasteiger partial charge is 0.00672 e. The molecule has 0 nitrogen and oxygen atoms in total. The molecule has 1 aliphatic heterocycles. The quantitative estimate of drug-likeness (QED) is 0.476. The molecule has 0 radical (unpaired) electrons. The number of rotatable bonds is 0. The molecule has 0 aromatic rings. The summed E-state index contributed by atoms with van der Waals surface area (Å²) in [6, 6.07) is 0. The highest BCUT2D eigenvalue weighted by molar-refractivity contribution is 7.99. The highest BCUT2D eigenvalue weighted by Gasteiger charge is 1.95. The Labute approximate surface area is 49.1 Å². The van der Waals surface area contributed by atoms with E-state index < -0.39 is 0 Å². The fourth-order valence-corrected chi connectivity index (χ4v) is 1.53. The molecule has 2 heteroatoms. The van der Waals surface area contributed by atoms with Crippen molar-refractivity contribution in [1.82, 2.24) is 0 Å². The Morgan fingerprint density at radius 3 is 1.67 bits per heavy atom. The minimum atomic E-state index is 0. The average Bonchev–Trinajstić information content (AvgIpc) is 1.76. The first kappa shape index (κ1) is 6.64. The first-order valence-electron chi connectivity index (χ1n) is 2.08. The van der Waals surface area contributed by atoms with Crippen LogP contribution in [0.2, 0.25) is 0 Å². The molecule has 6 heavy (non-hydrogen) atoms. The van der Waals surface area contributed by atoms with Crippen molar-refractivity contribution in [2.45, 2.75) is 12.8 Å². The summed E-state index contributed by atoms with van der Waals surface area (Å²) in [5.74, 6) is 2.83. The molecule has 0 aromatic carbocycles. The van der Waals surface area contributed by atoms with E-state index in [9.17, 15) is 0 Å². The lowest BCUT2D eigenvalue weighted by atomic mass is 10.4. The van der Waals surface area contributed by atoms with Gasteiger partial charge in [0.05, 0.1) is 0 Å². The lowest BCUT2D eigenvalue weighted by molar-refractivity contribution is 0.949. The molecule has 1 fully saturated rings. The second-order valence-corrected chi connectivity index (χ2v) is 2.54. The lowest BCUT2D eigenvalue weighted by Gasteiger charge is -1.69. The van der Waals surface area contributed by atoms with Gasteiger partial charge < -0.3 is 0 Å². The van der Waals surface area contributed by atoms with Gasteiger partial charge in [-0.25, -0.2) is 0 Å². The highest BCUT2D eigenvalue weighted by atomic mass is 35.5. The van der Waals surface area contributed by atoms with Gasteiger partial charge in [-0.1, -0.05) is 0 Å². The summed E-state index contributed by atoms with van der Waals surface area (Å²) in [6.07, 6.45) is 2.93. The van der Waals surface area contributed by atoms with Gasteiger partial charge in [-0.2, -0.15) is 11.8 Å². The van der Waals surface area contributed by atoms with Gasteiger partial charge in [0.25, 0.3) is 0 Å². The third-order valence-corrected chi connectivity index (χ3v) is 1.98. The van der Waals surface area contributed by atoms with E-state index in [2.05, 4.69) is 11.8 Å². The van der Waals surface area contributed by atoms with Crippen molar-refractivity contribution in [3.63, 3.8) is 0 Å². The summed E-state index contributed by atoms with van der Waals surface area (Å²) in [4.78, 5) is 0. The molecule has 0 spiro atoms. The average molecular weight is 125 g/mol. The molecular weight excluding hydrogens is 116 g/mol. The molecule has 1 rings (SSSR count). The van der Waals surface area contributed by atoms with Crippen molar-refractivity contribution in [1.29, 1.82) is 0 Å². The van der Waals surface area contributed by atoms with Crippen molar-refractivity contribution in [2.24, 2.45) is 0 Å². The van der Waals surface area contributed by atoms with E-state index in [-0.39, 0.29) is 12.4 Å². The summed E-state index contributed by atoms with van der Waals surface area (Å²) in [6.45, 7) is 0. The Kier molecular flexibility index (Phi) is 4.22. The molecule has 0 unspecified atom stereocenters. The first-order chi connectivity index (χ1) is 2.50. The molecule has 0 amide bonds. The third kappa shape index (κ3) is 1.93. The lowest BCUT2D eigenvalue weighted by Crippen LogP contribution is -1.58. The molecule has 0 aliphatic carbocycles. The molecule has 0 atom stereocenters. The van der Waals surface area contributed by atoms with Gasteiger partial charge in [-0.15, -0.1) is 12.4 Å². The van der Waals surface area contributed by atoms with Gasteiger partial charge in [0.2, 0.25) is 0 Å². The predicted octanol–water partition coefficient (Wildman–Crippen LogP) is 1.94. The summed E-state index contributed by atoms with van der Waals surface area (Å²) < 4.78 is 0. The molecule has 0 aromatic heterocycles. The molecule has 38 valence electrons. The summed E-state index contributed by atoms with van der Waals surface area (Å²) in [5.41, 5.74) is 0. The van der Waals surface area contributed by atoms with E-state index in [1.165, 1.54) is 24.3 Å². The van der Waals surface area contributed by atoms with Gasteiger partial charge in [-0.05, 0) is 24.3 Å². The summed E-state index contributed by atoms with van der Waals surface area (Å²) in [5, 5.41) is 0. The van der Waals surface area contributed by atoms with Crippen LogP contribution < -0.4 is 0 Å². The molecule has 0 saturated carbocycles. The second-order valence-electron chi connectivity index (χ2n) is 1.32. The summed E-state index contributed by atoms with van der Waals surface area (Å²) >= 11 is 2.07. The zero-order valence-electron chi connectivity index (χ0n) is 3.64. The van der Waals surface area contributed by atoms with Crippen molar-refractivity contribution >= 4 is 24.2 Å². The maximum atomic E-state index is 2.07. The SMILES string of the molecule is C1CCSC1.Cl. The van der Waals surface area contributed by atoms with Crippen LogP contribution >= 0.6 is 24.2 Å². The molecule has 1 saturated heterocycles.